The SMILES string of the molecule is CC(=O)N(C)Cc1cccc(NC(=O)Cc2ccccc2C)c1. The molecule has 0 saturated heterocycles. The first-order chi connectivity index (χ1) is 11.0. The zero-order valence-electron chi connectivity index (χ0n) is 13.8. The lowest BCUT2D eigenvalue weighted by Gasteiger charge is -2.15. The molecule has 2 amide bonds. The third-order valence-corrected chi connectivity index (χ3v) is 3.78. The minimum atomic E-state index is -0.0450. The zero-order valence-corrected chi connectivity index (χ0v) is 13.8. The number of carbonyl (C=O) groups excluding carboxylic acids is 2. The van der Waals surface area contributed by atoms with Gasteiger partial charge in [-0.25, -0.2) is 0 Å². The first-order valence-corrected chi connectivity index (χ1v) is 7.60. The van der Waals surface area contributed by atoms with Gasteiger partial charge in [-0.15, -0.1) is 0 Å². The van der Waals surface area contributed by atoms with Crippen molar-refractivity contribution in [1.29, 1.82) is 0 Å². The second kappa shape index (κ2) is 7.58. The van der Waals surface area contributed by atoms with Crippen molar-refractivity contribution in [2.45, 2.75) is 26.8 Å². The van der Waals surface area contributed by atoms with Crippen molar-refractivity contribution in [2.24, 2.45) is 0 Å². The Labute approximate surface area is 137 Å². The quantitative estimate of drug-likeness (QED) is 0.922. The van der Waals surface area contributed by atoms with E-state index in [2.05, 4.69) is 5.32 Å². The Balaban J connectivity index is 2.01. The predicted octanol–water partition coefficient (Wildman–Crippen LogP) is 3.15. The molecule has 23 heavy (non-hydrogen) atoms. The van der Waals surface area contributed by atoms with Crippen LogP contribution in [0.15, 0.2) is 48.5 Å². The molecule has 0 fully saturated rings. The Morgan fingerprint density at radius 2 is 1.83 bits per heavy atom. The number of aryl methyl sites for hydroxylation is 1. The van der Waals surface area contributed by atoms with Crippen LogP contribution in [-0.4, -0.2) is 23.8 Å². The van der Waals surface area contributed by atoms with Gasteiger partial charge in [-0.2, -0.15) is 0 Å². The first kappa shape index (κ1) is 16.7. The zero-order chi connectivity index (χ0) is 16.8. The predicted molar refractivity (Wildman–Crippen MR) is 92.1 cm³/mol. The number of nitrogens with zero attached hydrogens (tertiary/aromatic N) is 1. The number of benzene rings is 2. The van der Waals surface area contributed by atoms with Gasteiger partial charge >= 0.3 is 0 Å². The molecule has 0 unspecified atom stereocenters. The van der Waals surface area contributed by atoms with Crippen LogP contribution in [0.3, 0.4) is 0 Å². The van der Waals surface area contributed by atoms with Gasteiger partial charge in [0.05, 0.1) is 6.42 Å². The van der Waals surface area contributed by atoms with Crippen LogP contribution in [0.4, 0.5) is 5.69 Å². The van der Waals surface area contributed by atoms with E-state index in [1.54, 1.807) is 11.9 Å². The smallest absolute Gasteiger partial charge is 0.228 e. The molecule has 0 spiro atoms. The highest BCUT2D eigenvalue weighted by Gasteiger charge is 2.08. The van der Waals surface area contributed by atoms with E-state index >= 15 is 0 Å². The van der Waals surface area contributed by atoms with Gasteiger partial charge in [0, 0.05) is 26.2 Å². The molecule has 2 aromatic rings. The summed E-state index contributed by atoms with van der Waals surface area (Å²) in [4.78, 5) is 25.1. The summed E-state index contributed by atoms with van der Waals surface area (Å²) in [6.45, 7) is 4.06. The number of amides is 2. The summed E-state index contributed by atoms with van der Waals surface area (Å²) in [6, 6.07) is 15.4. The molecule has 4 nitrogen and oxygen atoms in total. The van der Waals surface area contributed by atoms with Crippen molar-refractivity contribution < 1.29 is 9.59 Å². The number of hydrogen-bond donors (Lipinski definition) is 1. The van der Waals surface area contributed by atoms with E-state index < -0.39 is 0 Å². The van der Waals surface area contributed by atoms with E-state index in [-0.39, 0.29) is 11.8 Å². The summed E-state index contributed by atoms with van der Waals surface area (Å²) in [5.74, 6) is -0.0321. The van der Waals surface area contributed by atoms with Crippen LogP contribution in [0.2, 0.25) is 0 Å². The largest absolute Gasteiger partial charge is 0.342 e. The summed E-state index contributed by atoms with van der Waals surface area (Å²) in [5.41, 5.74) is 3.87. The van der Waals surface area contributed by atoms with Gasteiger partial charge in [0.25, 0.3) is 0 Å². The minimum Gasteiger partial charge on any atom is -0.342 e. The molecular weight excluding hydrogens is 288 g/mol. The molecule has 2 rings (SSSR count). The normalized spacial score (nSPS) is 10.2. The summed E-state index contributed by atoms with van der Waals surface area (Å²) >= 11 is 0. The monoisotopic (exact) mass is 310 g/mol. The molecular formula is C19H22N2O2. The lowest BCUT2D eigenvalue weighted by Crippen LogP contribution is -2.23. The molecule has 0 bridgehead atoms. The van der Waals surface area contributed by atoms with Crippen LogP contribution in [0.1, 0.15) is 23.6 Å². The van der Waals surface area contributed by atoms with E-state index in [4.69, 9.17) is 0 Å². The fraction of sp³-hybridized carbons (Fsp3) is 0.263. The minimum absolute atomic E-state index is 0.0130. The van der Waals surface area contributed by atoms with Crippen LogP contribution < -0.4 is 5.32 Å². The van der Waals surface area contributed by atoms with Gasteiger partial charge in [0.1, 0.15) is 0 Å². The van der Waals surface area contributed by atoms with Crippen LogP contribution in [0, 0.1) is 6.92 Å². The molecule has 2 aromatic carbocycles. The van der Waals surface area contributed by atoms with Gasteiger partial charge in [-0.3, -0.25) is 9.59 Å². The molecule has 0 aliphatic rings. The van der Waals surface area contributed by atoms with Gasteiger partial charge in [0.2, 0.25) is 11.8 Å². The van der Waals surface area contributed by atoms with Gasteiger partial charge in [-0.1, -0.05) is 36.4 Å². The second-order valence-corrected chi connectivity index (χ2v) is 5.73. The fourth-order valence-electron chi connectivity index (χ4n) is 2.32. The van der Waals surface area contributed by atoms with Crippen LogP contribution >= 0.6 is 0 Å². The van der Waals surface area contributed by atoms with Crippen molar-refractivity contribution in [3.05, 3.63) is 65.2 Å². The fourth-order valence-corrected chi connectivity index (χ4v) is 2.32. The van der Waals surface area contributed by atoms with E-state index in [0.717, 1.165) is 22.4 Å². The Hall–Kier alpha value is -2.62. The van der Waals surface area contributed by atoms with Crippen LogP contribution in [0.25, 0.3) is 0 Å². The lowest BCUT2D eigenvalue weighted by atomic mass is 10.1. The molecule has 0 heterocycles. The average molecular weight is 310 g/mol. The summed E-state index contributed by atoms with van der Waals surface area (Å²) in [6.07, 6.45) is 0.351. The average Bonchev–Trinajstić information content (AvgIpc) is 2.49. The molecule has 1 N–H and O–H groups in total. The Morgan fingerprint density at radius 3 is 2.52 bits per heavy atom. The van der Waals surface area contributed by atoms with E-state index in [1.807, 2.05) is 55.5 Å². The number of anilines is 1. The number of rotatable bonds is 5. The molecule has 120 valence electrons. The van der Waals surface area contributed by atoms with E-state index in [1.165, 1.54) is 6.92 Å². The maximum absolute atomic E-state index is 12.2. The Kier molecular flexibility index (Phi) is 5.52. The number of nitrogens with one attached hydrogen (secondary N) is 1. The highest BCUT2D eigenvalue weighted by Crippen LogP contribution is 2.14. The summed E-state index contributed by atoms with van der Waals surface area (Å²) < 4.78 is 0. The maximum Gasteiger partial charge on any atom is 0.228 e. The van der Waals surface area contributed by atoms with Crippen molar-refractivity contribution in [3.63, 3.8) is 0 Å². The Bertz CT molecular complexity index is 710. The van der Waals surface area contributed by atoms with Crippen molar-refractivity contribution >= 4 is 17.5 Å². The molecule has 0 aliphatic carbocycles. The third kappa shape index (κ3) is 4.95. The van der Waals surface area contributed by atoms with Gasteiger partial charge in [-0.05, 0) is 35.7 Å². The summed E-state index contributed by atoms with van der Waals surface area (Å²) in [5, 5.41) is 2.92. The number of carbonyl (C=O) groups is 2. The molecule has 0 saturated carbocycles. The van der Waals surface area contributed by atoms with E-state index in [9.17, 15) is 9.59 Å². The highest BCUT2D eigenvalue weighted by molar-refractivity contribution is 5.92. The standard InChI is InChI=1S/C19H22N2O2/c1-14-7-4-5-9-17(14)12-19(23)20-18-10-6-8-16(11-18)13-21(3)15(2)22/h4-11H,12-13H2,1-3H3,(H,20,23). The molecule has 4 heteroatoms. The summed E-state index contributed by atoms with van der Waals surface area (Å²) in [7, 11) is 1.76. The lowest BCUT2D eigenvalue weighted by molar-refractivity contribution is -0.128. The van der Waals surface area contributed by atoms with E-state index in [0.29, 0.717) is 13.0 Å². The van der Waals surface area contributed by atoms with Crippen molar-refractivity contribution in [3.8, 4) is 0 Å². The number of hydrogen-bond acceptors (Lipinski definition) is 2. The van der Waals surface area contributed by atoms with Gasteiger partial charge in [0.15, 0.2) is 0 Å². The topological polar surface area (TPSA) is 49.4 Å². The Morgan fingerprint density at radius 1 is 1.09 bits per heavy atom. The molecule has 0 aromatic heterocycles. The van der Waals surface area contributed by atoms with Crippen LogP contribution in [0.5, 0.6) is 0 Å². The molecule has 0 radical (unpaired) electrons. The van der Waals surface area contributed by atoms with Crippen molar-refractivity contribution in [1.82, 2.24) is 4.90 Å². The van der Waals surface area contributed by atoms with Crippen molar-refractivity contribution in [2.75, 3.05) is 12.4 Å². The third-order valence-electron chi connectivity index (χ3n) is 3.78. The molecule has 0 aliphatic heterocycles. The maximum atomic E-state index is 12.2. The first-order valence-electron chi connectivity index (χ1n) is 7.60. The second-order valence-electron chi connectivity index (χ2n) is 5.73. The van der Waals surface area contributed by atoms with Gasteiger partial charge < -0.3 is 10.2 Å². The van der Waals surface area contributed by atoms with Crippen LogP contribution in [-0.2, 0) is 22.6 Å². The highest BCUT2D eigenvalue weighted by atomic mass is 16.2. The molecule has 0 atom stereocenters.